The number of benzene rings is 2. The molecule has 3 aromatic rings. The van der Waals surface area contributed by atoms with E-state index < -0.39 is 0 Å². The maximum absolute atomic E-state index is 13.2. The summed E-state index contributed by atoms with van der Waals surface area (Å²) in [5, 5.41) is 11.0. The smallest absolute Gasteiger partial charge is 0.278 e. The zero-order valence-corrected chi connectivity index (χ0v) is 17.8. The molecule has 4 rings (SSSR count). The lowest BCUT2D eigenvalue weighted by atomic mass is 9.97. The molecule has 1 saturated heterocycles. The fourth-order valence-electron chi connectivity index (χ4n) is 4.00. The van der Waals surface area contributed by atoms with Crippen molar-refractivity contribution < 1.29 is 14.0 Å². The maximum Gasteiger partial charge on any atom is 0.278 e. The lowest BCUT2D eigenvalue weighted by Crippen LogP contribution is -2.40. The number of nitrogens with zero attached hydrogens (tertiary/aromatic N) is 4. The van der Waals surface area contributed by atoms with Gasteiger partial charge in [0.25, 0.3) is 5.91 Å². The van der Waals surface area contributed by atoms with Crippen molar-refractivity contribution in [3.05, 3.63) is 71.3 Å². The van der Waals surface area contributed by atoms with Crippen LogP contribution in [0.4, 0.5) is 10.1 Å². The maximum atomic E-state index is 13.2. The molecule has 0 aliphatic carbocycles. The molecule has 32 heavy (non-hydrogen) atoms. The number of primary amides is 1. The number of hydrogen-bond donors (Lipinski definition) is 2. The van der Waals surface area contributed by atoms with E-state index in [0.29, 0.717) is 30.2 Å². The molecule has 8 nitrogen and oxygen atoms in total. The third kappa shape index (κ3) is 4.67. The Balaban J connectivity index is 1.50. The van der Waals surface area contributed by atoms with Gasteiger partial charge in [0.1, 0.15) is 5.82 Å². The Morgan fingerprint density at radius 3 is 2.69 bits per heavy atom. The van der Waals surface area contributed by atoms with Crippen LogP contribution in [0.25, 0.3) is 5.69 Å². The van der Waals surface area contributed by atoms with Crippen molar-refractivity contribution in [3.63, 3.8) is 0 Å². The normalized spacial score (nSPS) is 16.6. The molecule has 166 valence electrons. The van der Waals surface area contributed by atoms with Crippen molar-refractivity contribution >= 4 is 17.5 Å². The molecule has 0 spiro atoms. The molecule has 3 N–H and O–H groups in total. The minimum atomic E-state index is -0.378. The number of nitrogens with two attached hydrogens (primary N) is 1. The summed E-state index contributed by atoms with van der Waals surface area (Å²) in [5.41, 5.74) is 8.46. The fraction of sp³-hybridized carbons (Fsp3) is 0.304. The van der Waals surface area contributed by atoms with Crippen LogP contribution in [0.2, 0.25) is 0 Å². The average molecular weight is 436 g/mol. The predicted octanol–water partition coefficient (Wildman–Crippen LogP) is 2.66. The molecule has 1 aliphatic heterocycles. The first-order chi connectivity index (χ1) is 15.4. The fourth-order valence-corrected chi connectivity index (χ4v) is 4.00. The van der Waals surface area contributed by atoms with Crippen LogP contribution in [-0.2, 0) is 11.3 Å². The second kappa shape index (κ2) is 9.27. The second-order valence-corrected chi connectivity index (χ2v) is 8.00. The van der Waals surface area contributed by atoms with Crippen LogP contribution in [0.15, 0.2) is 48.5 Å². The Kier molecular flexibility index (Phi) is 6.27. The van der Waals surface area contributed by atoms with Gasteiger partial charge in [-0.05, 0) is 62.2 Å². The average Bonchev–Trinajstić information content (AvgIpc) is 3.17. The van der Waals surface area contributed by atoms with Gasteiger partial charge in [-0.25, -0.2) is 9.07 Å². The first-order valence-corrected chi connectivity index (χ1v) is 10.5. The van der Waals surface area contributed by atoms with Gasteiger partial charge in [0.15, 0.2) is 5.69 Å². The molecular weight excluding hydrogens is 411 g/mol. The van der Waals surface area contributed by atoms with E-state index in [0.717, 1.165) is 24.9 Å². The Bertz CT molecular complexity index is 1130. The quantitative estimate of drug-likeness (QED) is 0.618. The summed E-state index contributed by atoms with van der Waals surface area (Å²) >= 11 is 0. The molecule has 1 aromatic heterocycles. The van der Waals surface area contributed by atoms with Crippen molar-refractivity contribution in [1.82, 2.24) is 19.9 Å². The Morgan fingerprint density at radius 1 is 1.19 bits per heavy atom. The van der Waals surface area contributed by atoms with Gasteiger partial charge in [0, 0.05) is 18.8 Å². The number of aromatic nitrogens is 3. The number of hydrogen-bond acceptors (Lipinski definition) is 5. The van der Waals surface area contributed by atoms with Gasteiger partial charge < -0.3 is 11.1 Å². The van der Waals surface area contributed by atoms with Crippen molar-refractivity contribution in [1.29, 1.82) is 0 Å². The summed E-state index contributed by atoms with van der Waals surface area (Å²) in [6.07, 6.45) is 1.72. The van der Waals surface area contributed by atoms with Crippen molar-refractivity contribution in [2.75, 3.05) is 18.4 Å². The lowest BCUT2D eigenvalue weighted by Gasteiger charge is -2.31. The van der Waals surface area contributed by atoms with Gasteiger partial charge in [-0.1, -0.05) is 23.4 Å². The molecule has 2 amide bonds. The number of likely N-dealkylation sites (tertiary alicyclic amines) is 1. The second-order valence-electron chi connectivity index (χ2n) is 8.00. The third-order valence-electron chi connectivity index (χ3n) is 5.75. The molecule has 1 atom stereocenters. The first-order valence-electron chi connectivity index (χ1n) is 10.5. The van der Waals surface area contributed by atoms with Crippen LogP contribution in [-0.4, -0.2) is 44.8 Å². The molecule has 1 unspecified atom stereocenters. The van der Waals surface area contributed by atoms with Crippen LogP contribution in [0.1, 0.15) is 34.6 Å². The van der Waals surface area contributed by atoms with Crippen LogP contribution in [0, 0.1) is 18.7 Å². The zero-order chi connectivity index (χ0) is 22.7. The number of para-hydroxylation sites is 1. The third-order valence-corrected chi connectivity index (χ3v) is 5.75. The summed E-state index contributed by atoms with van der Waals surface area (Å²) in [6, 6.07) is 13.4. The Morgan fingerprint density at radius 2 is 1.94 bits per heavy atom. The molecule has 1 aliphatic rings. The van der Waals surface area contributed by atoms with Gasteiger partial charge in [-0.3, -0.25) is 14.5 Å². The van der Waals surface area contributed by atoms with Crippen LogP contribution >= 0.6 is 0 Å². The highest BCUT2D eigenvalue weighted by molar-refractivity contribution is 6.04. The highest BCUT2D eigenvalue weighted by Gasteiger charge is 2.25. The summed E-state index contributed by atoms with van der Waals surface area (Å²) in [6.45, 7) is 3.82. The number of rotatable bonds is 6. The number of amides is 2. The van der Waals surface area contributed by atoms with Crippen LogP contribution < -0.4 is 11.1 Å². The molecule has 0 saturated carbocycles. The summed E-state index contributed by atoms with van der Waals surface area (Å²) in [4.78, 5) is 26.7. The molecule has 0 bridgehead atoms. The minimum absolute atomic E-state index is 0.144. The van der Waals surface area contributed by atoms with E-state index in [1.165, 1.54) is 16.8 Å². The van der Waals surface area contributed by atoms with E-state index in [4.69, 9.17) is 5.73 Å². The topological polar surface area (TPSA) is 106 Å². The predicted molar refractivity (Wildman–Crippen MR) is 118 cm³/mol. The lowest BCUT2D eigenvalue weighted by molar-refractivity contribution is -0.123. The first kappa shape index (κ1) is 21.6. The van der Waals surface area contributed by atoms with Crippen LogP contribution in [0.5, 0.6) is 0 Å². The molecule has 2 heterocycles. The van der Waals surface area contributed by atoms with Gasteiger partial charge >= 0.3 is 0 Å². The van der Waals surface area contributed by atoms with E-state index in [1.54, 1.807) is 19.1 Å². The van der Waals surface area contributed by atoms with Crippen molar-refractivity contribution in [2.24, 2.45) is 11.7 Å². The van der Waals surface area contributed by atoms with Crippen molar-refractivity contribution in [3.8, 4) is 5.69 Å². The van der Waals surface area contributed by atoms with Crippen molar-refractivity contribution in [2.45, 2.75) is 26.3 Å². The van der Waals surface area contributed by atoms with Gasteiger partial charge in [-0.2, -0.15) is 0 Å². The summed E-state index contributed by atoms with van der Waals surface area (Å²) < 4.78 is 14.7. The number of carbonyl (C=O) groups is 2. The highest BCUT2D eigenvalue weighted by atomic mass is 19.1. The van der Waals surface area contributed by atoms with Gasteiger partial charge in [0.2, 0.25) is 5.91 Å². The molecule has 0 radical (unpaired) electrons. The largest absolute Gasteiger partial charge is 0.369 e. The van der Waals surface area contributed by atoms with Crippen LogP contribution in [0.3, 0.4) is 0 Å². The highest BCUT2D eigenvalue weighted by Crippen LogP contribution is 2.23. The molecule has 9 heteroatoms. The zero-order valence-electron chi connectivity index (χ0n) is 17.8. The monoisotopic (exact) mass is 436 g/mol. The van der Waals surface area contributed by atoms with Gasteiger partial charge in [-0.15, -0.1) is 5.10 Å². The molecular formula is C23H25FN6O2. The summed E-state index contributed by atoms with van der Waals surface area (Å²) in [5.74, 6) is -1.14. The number of nitrogens with one attached hydrogen (secondary N) is 1. The van der Waals surface area contributed by atoms with E-state index in [1.807, 2.05) is 24.3 Å². The van der Waals surface area contributed by atoms with Gasteiger partial charge in [0.05, 0.1) is 17.3 Å². The molecule has 2 aromatic carbocycles. The number of halogens is 1. The number of carbonyl (C=O) groups excluding carboxylic acids is 2. The Hall–Kier alpha value is -3.59. The molecule has 1 fully saturated rings. The minimum Gasteiger partial charge on any atom is -0.369 e. The number of piperidine rings is 1. The van der Waals surface area contributed by atoms with E-state index in [9.17, 15) is 14.0 Å². The standard InChI is InChI=1S/C23H25FN6O2/c1-15-21(27-28-30(15)19-10-8-18(24)9-11-19)23(32)26-20-7-3-2-5-16(20)13-29-12-4-6-17(14-29)22(25)31/h2-3,5,7-11,17H,4,6,12-14H2,1H3,(H2,25,31)(H,26,32). The van der Waals surface area contributed by atoms with E-state index >= 15 is 0 Å². The summed E-state index contributed by atoms with van der Waals surface area (Å²) in [7, 11) is 0. The Labute approximate surface area is 185 Å². The van der Waals surface area contributed by atoms with E-state index in [2.05, 4.69) is 20.5 Å². The SMILES string of the molecule is Cc1c(C(=O)Nc2ccccc2CN2CCCC(C(N)=O)C2)nnn1-c1ccc(F)cc1. The number of anilines is 1. The van der Waals surface area contributed by atoms with E-state index in [-0.39, 0.29) is 29.2 Å².